The van der Waals surface area contributed by atoms with Gasteiger partial charge in [0.15, 0.2) is 0 Å². The van der Waals surface area contributed by atoms with Crippen LogP contribution < -0.4 is 5.32 Å². The van der Waals surface area contributed by atoms with Gasteiger partial charge in [0.25, 0.3) is 0 Å². The third-order valence-corrected chi connectivity index (χ3v) is 5.21. The standard InChI is InChI=1S/C19H25NO3/c21-18(15-7-4-8-16(12-15)19(22)23)20-17(14-9-10-14)11-13-5-2-1-3-6-13/h1-3,5-6,14-17H,4,7-12H2,(H,20,21)(H,22,23). The van der Waals surface area contributed by atoms with E-state index in [1.807, 2.05) is 18.2 Å². The molecule has 3 atom stereocenters. The molecule has 0 aliphatic heterocycles. The van der Waals surface area contributed by atoms with Gasteiger partial charge in [0.05, 0.1) is 5.92 Å². The van der Waals surface area contributed by atoms with E-state index in [-0.39, 0.29) is 23.8 Å². The number of amides is 1. The number of benzene rings is 1. The summed E-state index contributed by atoms with van der Waals surface area (Å²) in [4.78, 5) is 23.8. The molecular weight excluding hydrogens is 290 g/mol. The van der Waals surface area contributed by atoms with Gasteiger partial charge < -0.3 is 10.4 Å². The van der Waals surface area contributed by atoms with E-state index >= 15 is 0 Å². The van der Waals surface area contributed by atoms with Crippen molar-refractivity contribution in [3.8, 4) is 0 Å². The van der Waals surface area contributed by atoms with Gasteiger partial charge in [0.1, 0.15) is 0 Å². The Balaban J connectivity index is 1.59. The summed E-state index contributed by atoms with van der Waals surface area (Å²) in [6.45, 7) is 0. The van der Waals surface area contributed by atoms with E-state index < -0.39 is 5.97 Å². The molecule has 4 nitrogen and oxygen atoms in total. The first-order valence-electron chi connectivity index (χ1n) is 8.70. The summed E-state index contributed by atoms with van der Waals surface area (Å²) in [5, 5.41) is 12.4. The molecule has 0 aromatic heterocycles. The molecular formula is C19H25NO3. The van der Waals surface area contributed by atoms with Crippen LogP contribution >= 0.6 is 0 Å². The van der Waals surface area contributed by atoms with Crippen molar-refractivity contribution >= 4 is 11.9 Å². The molecule has 1 aromatic carbocycles. The van der Waals surface area contributed by atoms with E-state index in [2.05, 4.69) is 17.4 Å². The fourth-order valence-corrected chi connectivity index (χ4v) is 3.65. The molecule has 2 aliphatic rings. The summed E-state index contributed by atoms with van der Waals surface area (Å²) < 4.78 is 0. The van der Waals surface area contributed by atoms with Crippen molar-refractivity contribution in [2.45, 2.75) is 51.0 Å². The molecule has 2 aliphatic carbocycles. The van der Waals surface area contributed by atoms with Crippen molar-refractivity contribution in [3.63, 3.8) is 0 Å². The molecule has 1 aromatic rings. The molecule has 0 heterocycles. The molecule has 3 rings (SSSR count). The minimum absolute atomic E-state index is 0.0591. The van der Waals surface area contributed by atoms with Crippen molar-refractivity contribution in [2.24, 2.45) is 17.8 Å². The highest BCUT2D eigenvalue weighted by atomic mass is 16.4. The Morgan fingerprint density at radius 2 is 1.78 bits per heavy atom. The van der Waals surface area contributed by atoms with Crippen LogP contribution in [0.25, 0.3) is 0 Å². The summed E-state index contributed by atoms with van der Waals surface area (Å²) in [6, 6.07) is 10.4. The second-order valence-corrected chi connectivity index (χ2v) is 7.04. The first kappa shape index (κ1) is 16.0. The highest BCUT2D eigenvalue weighted by Gasteiger charge is 2.36. The van der Waals surface area contributed by atoms with Crippen molar-refractivity contribution in [2.75, 3.05) is 0 Å². The molecule has 0 saturated heterocycles. The van der Waals surface area contributed by atoms with E-state index in [4.69, 9.17) is 0 Å². The molecule has 3 unspecified atom stereocenters. The van der Waals surface area contributed by atoms with Crippen LogP contribution in [-0.2, 0) is 16.0 Å². The van der Waals surface area contributed by atoms with Crippen LogP contribution in [0.2, 0.25) is 0 Å². The maximum Gasteiger partial charge on any atom is 0.306 e. The predicted octanol–water partition coefficient (Wildman–Crippen LogP) is 3.01. The monoisotopic (exact) mass is 315 g/mol. The van der Waals surface area contributed by atoms with Crippen molar-refractivity contribution in [3.05, 3.63) is 35.9 Å². The molecule has 0 spiro atoms. The SMILES string of the molecule is O=C(O)C1CCCC(C(=O)NC(Cc2ccccc2)C2CC2)C1. The average Bonchev–Trinajstić information content (AvgIpc) is 3.40. The van der Waals surface area contributed by atoms with Gasteiger partial charge in [0.2, 0.25) is 5.91 Å². The number of carbonyl (C=O) groups excluding carboxylic acids is 1. The fraction of sp³-hybridized carbons (Fsp3) is 0.579. The van der Waals surface area contributed by atoms with Crippen molar-refractivity contribution < 1.29 is 14.7 Å². The minimum atomic E-state index is -0.759. The number of nitrogens with one attached hydrogen (secondary N) is 1. The van der Waals surface area contributed by atoms with E-state index in [9.17, 15) is 14.7 Å². The highest BCUT2D eigenvalue weighted by molar-refractivity contribution is 5.80. The summed E-state index contributed by atoms with van der Waals surface area (Å²) >= 11 is 0. The molecule has 4 heteroatoms. The molecule has 1 amide bonds. The first-order chi connectivity index (χ1) is 11.1. The third kappa shape index (κ3) is 4.34. The van der Waals surface area contributed by atoms with Crippen molar-refractivity contribution in [1.29, 1.82) is 0 Å². The van der Waals surface area contributed by atoms with Crippen LogP contribution in [0.1, 0.15) is 44.1 Å². The van der Waals surface area contributed by atoms with Gasteiger partial charge in [0, 0.05) is 12.0 Å². The van der Waals surface area contributed by atoms with Gasteiger partial charge in [-0.2, -0.15) is 0 Å². The number of hydrogen-bond acceptors (Lipinski definition) is 2. The number of carboxylic acids is 1. The smallest absolute Gasteiger partial charge is 0.306 e. The molecule has 0 radical (unpaired) electrons. The Kier molecular flexibility index (Phi) is 4.99. The molecule has 2 N–H and O–H groups in total. The zero-order valence-corrected chi connectivity index (χ0v) is 13.4. The molecule has 23 heavy (non-hydrogen) atoms. The Morgan fingerprint density at radius 3 is 2.43 bits per heavy atom. The summed E-state index contributed by atoms with van der Waals surface area (Å²) in [6.07, 6.45) is 6.08. The molecule has 2 saturated carbocycles. The average molecular weight is 315 g/mol. The van der Waals surface area contributed by atoms with Crippen LogP contribution in [0.15, 0.2) is 30.3 Å². The lowest BCUT2D eigenvalue weighted by Crippen LogP contribution is -2.43. The Labute approximate surface area is 137 Å². The maximum atomic E-state index is 12.6. The normalized spacial score (nSPS) is 25.6. The van der Waals surface area contributed by atoms with Gasteiger partial charge >= 0.3 is 5.97 Å². The molecule has 0 bridgehead atoms. The number of aliphatic carboxylic acids is 1. The second-order valence-electron chi connectivity index (χ2n) is 7.04. The van der Waals surface area contributed by atoms with Gasteiger partial charge in [-0.1, -0.05) is 36.8 Å². The van der Waals surface area contributed by atoms with Crippen LogP contribution in [0.3, 0.4) is 0 Å². The number of carboxylic acid groups (broad SMARTS) is 1. The zero-order chi connectivity index (χ0) is 16.2. The topological polar surface area (TPSA) is 66.4 Å². The van der Waals surface area contributed by atoms with Crippen LogP contribution in [0.4, 0.5) is 0 Å². The van der Waals surface area contributed by atoms with Crippen molar-refractivity contribution in [1.82, 2.24) is 5.32 Å². The lowest BCUT2D eigenvalue weighted by Gasteiger charge is -2.28. The Bertz CT molecular complexity index is 553. The summed E-state index contributed by atoms with van der Waals surface area (Å²) in [7, 11) is 0. The quantitative estimate of drug-likeness (QED) is 0.848. The highest BCUT2D eigenvalue weighted by Crippen LogP contribution is 2.35. The Hall–Kier alpha value is -1.84. The third-order valence-electron chi connectivity index (χ3n) is 5.21. The van der Waals surface area contributed by atoms with E-state index in [1.54, 1.807) is 0 Å². The summed E-state index contributed by atoms with van der Waals surface area (Å²) in [5.41, 5.74) is 1.25. The molecule has 2 fully saturated rings. The van der Waals surface area contributed by atoms with Gasteiger partial charge in [-0.15, -0.1) is 0 Å². The van der Waals surface area contributed by atoms with Crippen LogP contribution in [0, 0.1) is 17.8 Å². The van der Waals surface area contributed by atoms with Gasteiger partial charge in [-0.25, -0.2) is 0 Å². The predicted molar refractivity (Wildman–Crippen MR) is 87.9 cm³/mol. The van der Waals surface area contributed by atoms with Crippen LogP contribution in [-0.4, -0.2) is 23.0 Å². The molecule has 124 valence electrons. The number of carbonyl (C=O) groups is 2. The number of rotatable bonds is 6. The lowest BCUT2D eigenvalue weighted by molar-refractivity contribution is -0.144. The second kappa shape index (κ2) is 7.16. The first-order valence-corrected chi connectivity index (χ1v) is 8.70. The Morgan fingerprint density at radius 1 is 1.09 bits per heavy atom. The van der Waals surface area contributed by atoms with E-state index in [0.717, 1.165) is 19.3 Å². The zero-order valence-electron chi connectivity index (χ0n) is 13.4. The number of hydrogen-bond donors (Lipinski definition) is 2. The van der Waals surface area contributed by atoms with Crippen LogP contribution in [0.5, 0.6) is 0 Å². The van der Waals surface area contributed by atoms with Gasteiger partial charge in [-0.3, -0.25) is 9.59 Å². The maximum absolute atomic E-state index is 12.6. The van der Waals surface area contributed by atoms with E-state index in [1.165, 1.54) is 18.4 Å². The van der Waals surface area contributed by atoms with E-state index in [0.29, 0.717) is 18.8 Å². The largest absolute Gasteiger partial charge is 0.481 e. The fourth-order valence-electron chi connectivity index (χ4n) is 3.65. The lowest BCUT2D eigenvalue weighted by atomic mass is 9.81. The minimum Gasteiger partial charge on any atom is -0.481 e. The van der Waals surface area contributed by atoms with Gasteiger partial charge in [-0.05, 0) is 50.0 Å². The summed E-state index contributed by atoms with van der Waals surface area (Å²) in [5.74, 6) is -0.609.